The summed E-state index contributed by atoms with van der Waals surface area (Å²) < 4.78 is 33.1. The van der Waals surface area contributed by atoms with Gasteiger partial charge in [0.25, 0.3) is 0 Å². The summed E-state index contributed by atoms with van der Waals surface area (Å²) in [5.74, 6) is -0.348. The number of carbonyl (C=O) groups is 1. The Hall–Kier alpha value is -0.920. The second-order valence-corrected chi connectivity index (χ2v) is 15.7. The van der Waals surface area contributed by atoms with Gasteiger partial charge in [-0.05, 0) is 25.3 Å². The van der Waals surface area contributed by atoms with Gasteiger partial charge in [0.05, 0.1) is 19.5 Å². The highest BCUT2D eigenvalue weighted by molar-refractivity contribution is 7.47. The summed E-state index contributed by atoms with van der Waals surface area (Å²) >= 11 is 0. The molecule has 9 heteroatoms. The summed E-state index contributed by atoms with van der Waals surface area (Å²) in [6.45, 7) is 4.27. The Balaban J connectivity index is 4.04. The lowest BCUT2D eigenvalue weighted by molar-refractivity contribution is -0.153. The van der Waals surface area contributed by atoms with Crippen LogP contribution < -0.4 is 5.73 Å². The van der Waals surface area contributed by atoms with Crippen molar-refractivity contribution in [2.24, 2.45) is 5.73 Å². The zero-order valence-electron chi connectivity index (χ0n) is 32.9. The Morgan fingerprint density at radius 3 is 1.42 bits per heavy atom. The van der Waals surface area contributed by atoms with Gasteiger partial charge >= 0.3 is 13.8 Å². The van der Waals surface area contributed by atoms with Gasteiger partial charge in [0.1, 0.15) is 6.61 Å². The Morgan fingerprint density at radius 2 is 1.00 bits per heavy atom. The average Bonchev–Trinajstić information content (AvgIpc) is 3.10. The molecule has 1 unspecified atom stereocenters. The quantitative estimate of drug-likeness (QED) is 0.0276. The molecule has 0 saturated heterocycles. The molecule has 8 nitrogen and oxygen atoms in total. The fourth-order valence-electron chi connectivity index (χ4n) is 6.14. The molecule has 0 aromatic rings. The van der Waals surface area contributed by atoms with E-state index in [-0.39, 0.29) is 32.3 Å². The van der Waals surface area contributed by atoms with Crippen LogP contribution in [-0.4, -0.2) is 43.3 Å². The number of nitrogens with two attached hydrogens (primary N) is 1. The van der Waals surface area contributed by atoms with Crippen LogP contribution in [0.3, 0.4) is 0 Å². The van der Waals surface area contributed by atoms with E-state index in [1.807, 2.05) is 6.08 Å². The van der Waals surface area contributed by atoms with E-state index < -0.39 is 13.9 Å². The molecule has 2 atom stereocenters. The maximum absolute atomic E-state index is 12.6. The van der Waals surface area contributed by atoms with Crippen LogP contribution in [-0.2, 0) is 27.9 Å². The van der Waals surface area contributed by atoms with Crippen molar-refractivity contribution >= 4 is 13.8 Å². The normalized spacial score (nSPS) is 13.5. The maximum Gasteiger partial charge on any atom is 0.472 e. The molecule has 298 valence electrons. The molecule has 0 rings (SSSR count). The van der Waals surface area contributed by atoms with E-state index in [0.717, 1.165) is 32.1 Å². The average molecular weight is 732 g/mol. The van der Waals surface area contributed by atoms with Gasteiger partial charge in [-0.1, -0.05) is 187 Å². The SMILES string of the molecule is CCCCCCCCCCCCCC/C=C\OC[C@H](COP(=O)(O)OCCN)OC(=O)CCCCCCCCCCCCCCCCCCC. The van der Waals surface area contributed by atoms with Crippen molar-refractivity contribution in [2.75, 3.05) is 26.4 Å². The number of hydrogen-bond donors (Lipinski definition) is 2. The van der Waals surface area contributed by atoms with Crippen LogP contribution in [0.25, 0.3) is 0 Å². The number of phosphoric acid groups is 1. The van der Waals surface area contributed by atoms with Gasteiger partial charge in [-0.2, -0.15) is 0 Å². The molecule has 0 radical (unpaired) electrons. The van der Waals surface area contributed by atoms with Gasteiger partial charge in [0, 0.05) is 13.0 Å². The lowest BCUT2D eigenvalue weighted by Gasteiger charge is -2.19. The third-order valence-corrected chi connectivity index (χ3v) is 10.3. The monoisotopic (exact) mass is 732 g/mol. The fraction of sp³-hybridized carbons (Fsp3) is 0.927. The van der Waals surface area contributed by atoms with Gasteiger partial charge in [-0.3, -0.25) is 13.8 Å². The van der Waals surface area contributed by atoms with Crippen LogP contribution in [0, 0.1) is 0 Å². The number of unbranched alkanes of at least 4 members (excludes halogenated alkanes) is 28. The first-order chi connectivity index (χ1) is 24.4. The summed E-state index contributed by atoms with van der Waals surface area (Å²) in [7, 11) is -4.28. The summed E-state index contributed by atoms with van der Waals surface area (Å²) in [5, 5.41) is 0. The first kappa shape index (κ1) is 49.1. The molecule has 0 aliphatic rings. The topological polar surface area (TPSA) is 117 Å². The molecular formula is C41H82NO7P. The second-order valence-electron chi connectivity index (χ2n) is 14.3. The summed E-state index contributed by atoms with van der Waals surface area (Å²) in [4.78, 5) is 22.4. The van der Waals surface area contributed by atoms with Crippen LogP contribution in [0.1, 0.15) is 213 Å². The smallest absolute Gasteiger partial charge is 0.472 e. The van der Waals surface area contributed by atoms with E-state index in [2.05, 4.69) is 13.8 Å². The van der Waals surface area contributed by atoms with Gasteiger partial charge in [0.15, 0.2) is 6.10 Å². The zero-order chi connectivity index (χ0) is 36.6. The maximum atomic E-state index is 12.6. The minimum Gasteiger partial charge on any atom is -0.498 e. The first-order valence-electron chi connectivity index (χ1n) is 21.2. The van der Waals surface area contributed by atoms with Gasteiger partial charge in [-0.25, -0.2) is 4.57 Å². The highest BCUT2D eigenvalue weighted by Gasteiger charge is 2.25. The lowest BCUT2D eigenvalue weighted by atomic mass is 10.0. The standard InChI is InChI=1S/C41H82NO7P/c1-3-5-7-9-11-13-15-17-19-20-21-22-24-26-28-30-32-34-41(43)49-40(39-48-50(44,45)47-37-35-42)38-46-36-33-31-29-27-25-23-18-16-14-12-10-8-6-4-2/h33,36,40H,3-32,34-35,37-39,42H2,1-2H3,(H,44,45)/b36-33-/t40-/m1/s1. The predicted octanol–water partition coefficient (Wildman–Crippen LogP) is 12.7. The van der Waals surface area contributed by atoms with Crippen molar-refractivity contribution in [2.45, 2.75) is 219 Å². The van der Waals surface area contributed by atoms with Crippen molar-refractivity contribution < 1.29 is 32.8 Å². The van der Waals surface area contributed by atoms with Crippen molar-refractivity contribution in [3.8, 4) is 0 Å². The van der Waals surface area contributed by atoms with Crippen molar-refractivity contribution in [3.63, 3.8) is 0 Å². The summed E-state index contributed by atoms with van der Waals surface area (Å²) in [6.07, 6.45) is 41.7. The van der Waals surface area contributed by atoms with Crippen LogP contribution in [0.15, 0.2) is 12.3 Å². The van der Waals surface area contributed by atoms with Gasteiger partial charge < -0.3 is 20.1 Å². The molecule has 0 bridgehead atoms. The third-order valence-electron chi connectivity index (χ3n) is 9.28. The Kier molecular flexibility index (Phi) is 38.6. The van der Waals surface area contributed by atoms with Crippen molar-refractivity contribution in [3.05, 3.63) is 12.3 Å². The number of ether oxygens (including phenoxy) is 2. The number of hydrogen-bond acceptors (Lipinski definition) is 7. The van der Waals surface area contributed by atoms with Crippen molar-refractivity contribution in [1.29, 1.82) is 0 Å². The Labute approximate surface area is 309 Å². The molecule has 0 heterocycles. The molecule has 0 aliphatic heterocycles. The van der Waals surface area contributed by atoms with Crippen LogP contribution in [0.4, 0.5) is 0 Å². The number of allylic oxidation sites excluding steroid dienone is 1. The zero-order valence-corrected chi connectivity index (χ0v) is 33.8. The molecule has 0 aliphatic carbocycles. The highest BCUT2D eigenvalue weighted by atomic mass is 31.2. The molecule has 3 N–H and O–H groups in total. The first-order valence-corrected chi connectivity index (χ1v) is 22.7. The van der Waals surface area contributed by atoms with Gasteiger partial charge in [0.2, 0.25) is 0 Å². The molecule has 0 aromatic carbocycles. The predicted molar refractivity (Wildman–Crippen MR) is 210 cm³/mol. The molecule has 0 saturated carbocycles. The van der Waals surface area contributed by atoms with Crippen molar-refractivity contribution in [1.82, 2.24) is 0 Å². The Morgan fingerprint density at radius 1 is 0.600 bits per heavy atom. The van der Waals surface area contributed by atoms with E-state index in [9.17, 15) is 14.3 Å². The largest absolute Gasteiger partial charge is 0.498 e. The lowest BCUT2D eigenvalue weighted by Crippen LogP contribution is -2.27. The number of rotatable bonds is 41. The van der Waals surface area contributed by atoms with E-state index in [1.54, 1.807) is 6.26 Å². The van der Waals surface area contributed by atoms with E-state index in [4.69, 9.17) is 24.3 Å². The van der Waals surface area contributed by atoms with Crippen LogP contribution in [0.2, 0.25) is 0 Å². The van der Waals surface area contributed by atoms with E-state index in [1.165, 1.54) is 161 Å². The summed E-state index contributed by atoms with van der Waals surface area (Å²) in [5.41, 5.74) is 5.36. The molecule has 0 fully saturated rings. The molecular weight excluding hydrogens is 649 g/mol. The second kappa shape index (κ2) is 39.3. The molecule has 0 aromatic heterocycles. The van der Waals surface area contributed by atoms with E-state index in [0.29, 0.717) is 6.42 Å². The summed E-state index contributed by atoms with van der Waals surface area (Å²) in [6, 6.07) is 0. The molecule has 0 amide bonds. The minimum atomic E-state index is -4.28. The molecule has 0 spiro atoms. The number of phosphoric ester groups is 1. The minimum absolute atomic E-state index is 0.0383. The fourth-order valence-corrected chi connectivity index (χ4v) is 6.91. The van der Waals surface area contributed by atoms with Gasteiger partial charge in [-0.15, -0.1) is 0 Å². The number of carbonyl (C=O) groups excluding carboxylic acids is 1. The van der Waals surface area contributed by atoms with Crippen LogP contribution >= 0.6 is 7.82 Å². The Bertz CT molecular complexity index is 782. The van der Waals surface area contributed by atoms with Crippen LogP contribution in [0.5, 0.6) is 0 Å². The highest BCUT2D eigenvalue weighted by Crippen LogP contribution is 2.43. The van der Waals surface area contributed by atoms with E-state index >= 15 is 0 Å². The number of esters is 1. The third kappa shape index (κ3) is 38.3. The molecule has 50 heavy (non-hydrogen) atoms.